The first-order valence-corrected chi connectivity index (χ1v) is 11.8. The van der Waals surface area contributed by atoms with E-state index in [1.807, 2.05) is 6.92 Å². The van der Waals surface area contributed by atoms with Gasteiger partial charge in [-0.15, -0.1) is 0 Å². The first kappa shape index (κ1) is 24.3. The molecule has 0 atom stereocenters. The number of halogens is 1. The van der Waals surface area contributed by atoms with Crippen LogP contribution in [0.5, 0.6) is 5.75 Å². The second-order valence-electron chi connectivity index (χ2n) is 7.58. The van der Waals surface area contributed by atoms with Gasteiger partial charge in [0.05, 0.1) is 34.6 Å². The molecular weight excluding hydrogens is 464 g/mol. The predicted molar refractivity (Wildman–Crippen MR) is 131 cm³/mol. The fraction of sp³-hybridized carbons (Fsp3) is 0.217. The van der Waals surface area contributed by atoms with Gasteiger partial charge < -0.3 is 15.0 Å². The summed E-state index contributed by atoms with van der Waals surface area (Å²) in [5.41, 5.74) is 2.01. The van der Waals surface area contributed by atoms with Crippen molar-refractivity contribution in [3.05, 3.63) is 70.4 Å². The quantitative estimate of drug-likeness (QED) is 0.391. The van der Waals surface area contributed by atoms with Crippen LogP contribution in [0.3, 0.4) is 0 Å². The third-order valence-corrected chi connectivity index (χ3v) is 6.88. The fourth-order valence-electron chi connectivity index (χ4n) is 3.11. The van der Waals surface area contributed by atoms with Gasteiger partial charge in [-0.3, -0.25) is 4.79 Å². The highest BCUT2D eigenvalue weighted by atomic mass is 35.5. The summed E-state index contributed by atoms with van der Waals surface area (Å²) in [6.45, 7) is 3.63. The predicted octanol–water partition coefficient (Wildman–Crippen LogP) is 4.48. The number of anilines is 1. The molecule has 0 aliphatic heterocycles. The van der Waals surface area contributed by atoms with Gasteiger partial charge in [-0.1, -0.05) is 29.3 Å². The molecule has 8 nitrogen and oxygen atoms in total. The van der Waals surface area contributed by atoms with Crippen molar-refractivity contribution in [2.24, 2.45) is 4.99 Å². The van der Waals surface area contributed by atoms with Crippen LogP contribution < -0.4 is 10.1 Å². The van der Waals surface area contributed by atoms with Gasteiger partial charge in [-0.25, -0.2) is 17.4 Å². The van der Waals surface area contributed by atoms with Crippen LogP contribution in [0.4, 0.5) is 11.5 Å². The summed E-state index contributed by atoms with van der Waals surface area (Å²) in [7, 11) is 1.01. The van der Waals surface area contributed by atoms with Crippen molar-refractivity contribution >= 4 is 45.4 Å². The van der Waals surface area contributed by atoms with Gasteiger partial charge in [0.15, 0.2) is 5.82 Å². The van der Waals surface area contributed by atoms with Crippen molar-refractivity contribution in [2.75, 3.05) is 26.5 Å². The minimum atomic E-state index is -3.99. The molecule has 0 aliphatic carbocycles. The average Bonchev–Trinajstić information content (AvgIpc) is 3.20. The first-order valence-electron chi connectivity index (χ1n) is 9.95. The number of nitrogens with one attached hydrogen (secondary N) is 1. The number of benzene rings is 2. The fourth-order valence-corrected chi connectivity index (χ4v) is 4.67. The highest BCUT2D eigenvalue weighted by Gasteiger charge is 2.25. The van der Waals surface area contributed by atoms with E-state index in [-0.39, 0.29) is 16.3 Å². The van der Waals surface area contributed by atoms with E-state index >= 15 is 0 Å². The lowest BCUT2D eigenvalue weighted by Crippen LogP contribution is -2.16. The third-order valence-electron chi connectivity index (χ3n) is 4.88. The summed E-state index contributed by atoms with van der Waals surface area (Å²) in [4.78, 5) is 19.2. The molecule has 3 rings (SSSR count). The molecular formula is C23H25ClN4O4S. The molecule has 0 bridgehead atoms. The summed E-state index contributed by atoms with van der Waals surface area (Å²) >= 11 is 6.30. The number of aliphatic imine (C=N–C) groups is 1. The van der Waals surface area contributed by atoms with Gasteiger partial charge in [0.1, 0.15) is 5.75 Å². The Kier molecular flexibility index (Phi) is 7.14. The molecule has 10 heteroatoms. The van der Waals surface area contributed by atoms with Gasteiger partial charge in [0.2, 0.25) is 0 Å². The second kappa shape index (κ2) is 9.68. The molecule has 0 saturated heterocycles. The lowest BCUT2D eigenvalue weighted by Gasteiger charge is -2.14. The van der Waals surface area contributed by atoms with Gasteiger partial charge in [-0.05, 0) is 44.2 Å². The molecule has 0 saturated carbocycles. The molecule has 2 aromatic carbocycles. The Morgan fingerprint density at radius 2 is 1.79 bits per heavy atom. The highest BCUT2D eigenvalue weighted by Crippen LogP contribution is 2.34. The van der Waals surface area contributed by atoms with Crippen molar-refractivity contribution in [3.63, 3.8) is 0 Å². The highest BCUT2D eigenvalue weighted by molar-refractivity contribution is 7.90. The number of aryl methyl sites for hydroxylation is 1. The maximum atomic E-state index is 13.3. The number of rotatable bonds is 7. The average molecular weight is 489 g/mol. The Hall–Kier alpha value is -3.30. The number of aromatic nitrogens is 1. The number of hydrogen-bond acceptors (Lipinski definition) is 5. The standard InChI is InChI=1S/C23H25ClN4O4S/c1-15-6-8-17(9-7-15)33(30,31)28-13-12-18(22(28)25-14-27(3)4)23(29)26-21-16(2)20(32-5)11-10-19(21)24/h6-14H,1-5H3,(H,26,29)/b25-14+. The van der Waals surface area contributed by atoms with Crippen LogP contribution in [-0.4, -0.2) is 50.7 Å². The van der Waals surface area contributed by atoms with Crippen molar-refractivity contribution < 1.29 is 17.9 Å². The number of amides is 1. The van der Waals surface area contributed by atoms with Gasteiger partial charge in [0.25, 0.3) is 15.9 Å². The van der Waals surface area contributed by atoms with E-state index in [2.05, 4.69) is 10.3 Å². The Balaban J connectivity index is 2.09. The van der Waals surface area contributed by atoms with E-state index < -0.39 is 15.9 Å². The maximum Gasteiger partial charge on any atom is 0.269 e. The summed E-state index contributed by atoms with van der Waals surface area (Å²) in [5, 5.41) is 3.09. The molecule has 1 aromatic heterocycles. The molecule has 0 radical (unpaired) electrons. The summed E-state index contributed by atoms with van der Waals surface area (Å²) in [6.07, 6.45) is 2.74. The normalized spacial score (nSPS) is 11.6. The summed E-state index contributed by atoms with van der Waals surface area (Å²) in [5.74, 6) is -0.0319. The molecule has 0 spiro atoms. The molecule has 0 fully saturated rings. The van der Waals surface area contributed by atoms with Gasteiger partial charge in [0, 0.05) is 25.9 Å². The summed E-state index contributed by atoms with van der Waals surface area (Å²) < 4.78 is 32.9. The number of hydrogen-bond donors (Lipinski definition) is 1. The van der Waals surface area contributed by atoms with E-state index in [4.69, 9.17) is 16.3 Å². The number of carbonyl (C=O) groups is 1. The Bertz CT molecular complexity index is 1310. The molecule has 1 heterocycles. The third kappa shape index (κ3) is 5.04. The first-order chi connectivity index (χ1) is 15.6. The van der Waals surface area contributed by atoms with E-state index in [0.29, 0.717) is 22.0 Å². The number of ether oxygens (including phenoxy) is 1. The van der Waals surface area contributed by atoms with Crippen molar-refractivity contribution in [3.8, 4) is 5.75 Å². The molecule has 33 heavy (non-hydrogen) atoms. The minimum Gasteiger partial charge on any atom is -0.496 e. The maximum absolute atomic E-state index is 13.3. The molecule has 1 amide bonds. The smallest absolute Gasteiger partial charge is 0.269 e. The molecule has 1 N–H and O–H groups in total. The summed E-state index contributed by atoms with van der Waals surface area (Å²) in [6, 6.07) is 11.2. The van der Waals surface area contributed by atoms with E-state index in [0.717, 1.165) is 9.54 Å². The lowest BCUT2D eigenvalue weighted by atomic mass is 10.1. The lowest BCUT2D eigenvalue weighted by molar-refractivity contribution is 0.102. The SMILES string of the molecule is COc1ccc(Cl)c(NC(=O)c2ccn(S(=O)(=O)c3ccc(C)cc3)c2/N=C/N(C)C)c1C. The Labute approximate surface area is 198 Å². The van der Waals surface area contributed by atoms with Crippen molar-refractivity contribution in [2.45, 2.75) is 18.7 Å². The monoisotopic (exact) mass is 488 g/mol. The van der Waals surface area contributed by atoms with Crippen LogP contribution in [0, 0.1) is 13.8 Å². The van der Waals surface area contributed by atoms with Crippen LogP contribution in [0.1, 0.15) is 21.5 Å². The Morgan fingerprint density at radius 3 is 2.39 bits per heavy atom. The molecule has 174 valence electrons. The molecule has 0 aliphatic rings. The van der Waals surface area contributed by atoms with Crippen molar-refractivity contribution in [1.29, 1.82) is 0 Å². The van der Waals surface area contributed by atoms with Gasteiger partial charge in [-0.2, -0.15) is 0 Å². The second-order valence-corrected chi connectivity index (χ2v) is 9.80. The zero-order valence-electron chi connectivity index (χ0n) is 19.0. The van der Waals surface area contributed by atoms with Crippen LogP contribution in [0.25, 0.3) is 0 Å². The zero-order valence-corrected chi connectivity index (χ0v) is 20.5. The molecule has 3 aromatic rings. The van der Waals surface area contributed by atoms with Crippen molar-refractivity contribution in [1.82, 2.24) is 8.87 Å². The topological polar surface area (TPSA) is 93.0 Å². The van der Waals surface area contributed by atoms with Crippen LogP contribution in [0.2, 0.25) is 5.02 Å². The Morgan fingerprint density at radius 1 is 1.12 bits per heavy atom. The van der Waals surface area contributed by atoms with E-state index in [1.165, 1.54) is 37.8 Å². The number of methoxy groups -OCH3 is 1. The van der Waals surface area contributed by atoms with Gasteiger partial charge >= 0.3 is 0 Å². The van der Waals surface area contributed by atoms with Crippen LogP contribution in [0.15, 0.2) is 58.5 Å². The van der Waals surface area contributed by atoms with E-state index in [1.54, 1.807) is 50.2 Å². The minimum absolute atomic E-state index is 0.0292. The van der Waals surface area contributed by atoms with Crippen LogP contribution in [-0.2, 0) is 10.0 Å². The van der Waals surface area contributed by atoms with E-state index in [9.17, 15) is 13.2 Å². The number of carbonyl (C=O) groups excluding carboxylic acids is 1. The number of nitrogens with zero attached hydrogens (tertiary/aromatic N) is 3. The molecule has 0 unspecified atom stereocenters. The largest absolute Gasteiger partial charge is 0.496 e. The van der Waals surface area contributed by atoms with Crippen LogP contribution >= 0.6 is 11.6 Å². The zero-order chi connectivity index (χ0) is 24.3.